The molecule has 1 unspecified atom stereocenters. The molecule has 0 aromatic carbocycles. The van der Waals surface area contributed by atoms with Gasteiger partial charge >= 0.3 is 51.4 Å². The number of aliphatic hydroxyl groups excluding tert-OH is 1. The van der Waals surface area contributed by atoms with Crippen molar-refractivity contribution >= 4 is 10.1 Å². The second-order valence-electron chi connectivity index (χ2n) is 6.38. The Morgan fingerprint density at radius 1 is 0.783 bits per heavy atom. The van der Waals surface area contributed by atoms with Gasteiger partial charge in [-0.05, 0) is 19.3 Å². The van der Waals surface area contributed by atoms with Crippen molar-refractivity contribution in [1.82, 2.24) is 0 Å². The van der Waals surface area contributed by atoms with E-state index in [1.165, 1.54) is 44.9 Å². The first-order valence-corrected chi connectivity index (χ1v) is 10.6. The fraction of sp³-hybridized carbons (Fsp3) is 1.00. The predicted molar refractivity (Wildman–Crippen MR) is 90.9 cm³/mol. The van der Waals surface area contributed by atoms with Crippen LogP contribution in [0.1, 0.15) is 96.8 Å². The summed E-state index contributed by atoms with van der Waals surface area (Å²) in [6.07, 6.45) is 14.7. The van der Waals surface area contributed by atoms with Gasteiger partial charge in [-0.3, -0.25) is 0 Å². The Labute approximate surface area is 186 Å². The van der Waals surface area contributed by atoms with Crippen molar-refractivity contribution in [3.8, 4) is 0 Å². The van der Waals surface area contributed by atoms with Crippen molar-refractivity contribution in [1.29, 1.82) is 0 Å². The third kappa shape index (κ3) is 23.5. The van der Waals surface area contributed by atoms with E-state index in [0.29, 0.717) is 6.42 Å². The van der Waals surface area contributed by atoms with Crippen LogP contribution in [-0.2, 0) is 10.1 Å². The summed E-state index contributed by atoms with van der Waals surface area (Å²) in [7, 11) is -4.05. The first kappa shape index (κ1) is 26.7. The molecule has 1 atom stereocenters. The molecule has 134 valence electrons. The monoisotopic (exact) mass is 374 g/mol. The molecule has 0 aliphatic heterocycles. The average molecular weight is 375 g/mol. The van der Waals surface area contributed by atoms with Crippen molar-refractivity contribution in [2.24, 2.45) is 0 Å². The topological polar surface area (TPSA) is 77.4 Å². The summed E-state index contributed by atoms with van der Waals surface area (Å²) < 4.78 is 31.3. The minimum absolute atomic E-state index is 0. The van der Waals surface area contributed by atoms with Crippen LogP contribution in [0, 0.1) is 0 Å². The molecule has 0 saturated carbocycles. The molecule has 0 rings (SSSR count). The van der Waals surface area contributed by atoms with Gasteiger partial charge in [0.05, 0.1) is 16.2 Å². The summed E-state index contributed by atoms with van der Waals surface area (Å²) >= 11 is 0. The fourth-order valence-corrected chi connectivity index (χ4v) is 3.23. The van der Waals surface area contributed by atoms with Crippen LogP contribution in [0.15, 0.2) is 0 Å². The van der Waals surface area contributed by atoms with Crippen LogP contribution in [0.4, 0.5) is 0 Å². The first-order valence-electron chi connectivity index (χ1n) is 9.07. The molecule has 0 amide bonds. The summed E-state index contributed by atoms with van der Waals surface area (Å²) in [5.41, 5.74) is 0. The zero-order valence-corrected chi connectivity index (χ0v) is 19.2. The van der Waals surface area contributed by atoms with Gasteiger partial charge in [0, 0.05) is 5.75 Å². The smallest absolute Gasteiger partial charge is 0.748 e. The van der Waals surface area contributed by atoms with Crippen LogP contribution in [-0.4, -0.2) is 29.9 Å². The Hall–Kier alpha value is 1.51. The number of hydrogen-bond acceptors (Lipinski definition) is 4. The minimum Gasteiger partial charge on any atom is -0.748 e. The maximum absolute atomic E-state index is 10.4. The van der Waals surface area contributed by atoms with E-state index < -0.39 is 10.1 Å². The largest absolute Gasteiger partial charge is 1.00 e. The molecule has 0 aliphatic rings. The normalized spacial score (nSPS) is 12.8. The molecule has 1 N–H and O–H groups in total. The number of rotatable bonds is 16. The number of hydrogen-bond donors (Lipinski definition) is 1. The Kier molecular flexibility index (Phi) is 21.3. The van der Waals surface area contributed by atoms with Crippen LogP contribution in [0.2, 0.25) is 0 Å². The molecular formula is C17H35KO4S. The van der Waals surface area contributed by atoms with Gasteiger partial charge in [0.15, 0.2) is 0 Å². The van der Waals surface area contributed by atoms with E-state index in [0.717, 1.165) is 38.5 Å². The van der Waals surface area contributed by atoms with Crippen molar-refractivity contribution < 1.29 is 69.5 Å². The maximum Gasteiger partial charge on any atom is 1.00 e. The SMILES string of the molecule is CCCCCCCCCCC(O)CCCCCCS(=O)(=O)[O-].[K+]. The molecule has 0 saturated heterocycles. The average Bonchev–Trinajstić information content (AvgIpc) is 2.44. The molecule has 0 bridgehead atoms. The number of aliphatic hydroxyl groups is 1. The van der Waals surface area contributed by atoms with Gasteiger partial charge in [-0.1, -0.05) is 77.6 Å². The summed E-state index contributed by atoms with van der Waals surface area (Å²) in [5, 5.41) is 9.86. The Balaban J connectivity index is 0. The van der Waals surface area contributed by atoms with Gasteiger partial charge in [0.1, 0.15) is 0 Å². The first-order chi connectivity index (χ1) is 10.5. The van der Waals surface area contributed by atoms with E-state index in [1.807, 2.05) is 0 Å². The summed E-state index contributed by atoms with van der Waals surface area (Å²) in [5.74, 6) is -0.256. The molecule has 23 heavy (non-hydrogen) atoms. The molecule has 0 heterocycles. The van der Waals surface area contributed by atoms with Crippen LogP contribution >= 0.6 is 0 Å². The second kappa shape index (κ2) is 18.3. The molecular weight excluding hydrogens is 339 g/mol. The van der Waals surface area contributed by atoms with Crippen LogP contribution in [0.25, 0.3) is 0 Å². The van der Waals surface area contributed by atoms with Crippen LogP contribution in [0.5, 0.6) is 0 Å². The number of unbranched alkanes of at least 4 members (excludes halogenated alkanes) is 10. The van der Waals surface area contributed by atoms with E-state index in [-0.39, 0.29) is 63.2 Å². The van der Waals surface area contributed by atoms with E-state index >= 15 is 0 Å². The Morgan fingerprint density at radius 2 is 1.17 bits per heavy atom. The van der Waals surface area contributed by atoms with Gasteiger partial charge in [-0.15, -0.1) is 0 Å². The van der Waals surface area contributed by atoms with Crippen LogP contribution in [0.3, 0.4) is 0 Å². The third-order valence-electron chi connectivity index (χ3n) is 4.07. The standard InChI is InChI=1S/C17H36O4S.K/c1-2-3-4-5-6-7-8-11-14-17(18)15-12-9-10-13-16-22(19,20)21;/h17-18H,2-16H2,1H3,(H,19,20,21);/q;+1/p-1. The van der Waals surface area contributed by atoms with E-state index in [1.54, 1.807) is 0 Å². The Morgan fingerprint density at radius 3 is 1.61 bits per heavy atom. The Bertz CT molecular complexity index is 333. The van der Waals surface area contributed by atoms with Crippen molar-refractivity contribution in [2.75, 3.05) is 5.75 Å². The molecule has 0 spiro atoms. The van der Waals surface area contributed by atoms with Gasteiger partial charge < -0.3 is 9.66 Å². The maximum atomic E-state index is 10.4. The molecule has 6 heteroatoms. The molecule has 0 fully saturated rings. The van der Waals surface area contributed by atoms with Gasteiger partial charge in [0.25, 0.3) is 0 Å². The molecule has 0 radical (unpaired) electrons. The van der Waals surface area contributed by atoms with Crippen LogP contribution < -0.4 is 51.4 Å². The van der Waals surface area contributed by atoms with E-state index in [2.05, 4.69) is 6.92 Å². The second-order valence-corrected chi connectivity index (χ2v) is 7.91. The minimum atomic E-state index is -4.05. The zero-order valence-electron chi connectivity index (χ0n) is 15.3. The molecule has 0 aliphatic carbocycles. The van der Waals surface area contributed by atoms with Crippen molar-refractivity contribution in [3.63, 3.8) is 0 Å². The molecule has 4 nitrogen and oxygen atoms in total. The van der Waals surface area contributed by atoms with Gasteiger partial charge in [-0.25, -0.2) is 8.42 Å². The quantitative estimate of drug-likeness (QED) is 0.251. The third-order valence-corrected chi connectivity index (χ3v) is 4.86. The summed E-state index contributed by atoms with van der Waals surface area (Å²) in [4.78, 5) is 0. The van der Waals surface area contributed by atoms with Gasteiger partial charge in [0.2, 0.25) is 0 Å². The van der Waals surface area contributed by atoms with Crippen molar-refractivity contribution in [3.05, 3.63) is 0 Å². The predicted octanol–water partition coefficient (Wildman–Crippen LogP) is 1.38. The summed E-state index contributed by atoms with van der Waals surface area (Å²) in [6, 6.07) is 0. The van der Waals surface area contributed by atoms with E-state index in [4.69, 9.17) is 0 Å². The molecule has 0 aromatic heterocycles. The van der Waals surface area contributed by atoms with E-state index in [9.17, 15) is 18.1 Å². The van der Waals surface area contributed by atoms with Crippen molar-refractivity contribution in [2.45, 2.75) is 103 Å². The summed E-state index contributed by atoms with van der Waals surface area (Å²) in [6.45, 7) is 2.23. The molecule has 0 aromatic rings. The fourth-order valence-electron chi connectivity index (χ4n) is 2.67. The van der Waals surface area contributed by atoms with Gasteiger partial charge in [-0.2, -0.15) is 0 Å². The zero-order chi connectivity index (χ0) is 16.7.